The number of nitrogens with zero attached hydrogens (tertiary/aromatic N) is 1. The SMILES string of the molecule is CCc1ccc(Br)c(CCN2CCCC3(c4cccc(OC)c4)CCCC3C2)c1. The molecule has 29 heavy (non-hydrogen) atoms. The van der Waals surface area contributed by atoms with Crippen molar-refractivity contribution in [2.75, 3.05) is 26.7 Å². The van der Waals surface area contributed by atoms with Crippen LogP contribution in [0.4, 0.5) is 0 Å². The van der Waals surface area contributed by atoms with Gasteiger partial charge in [-0.1, -0.05) is 53.5 Å². The summed E-state index contributed by atoms with van der Waals surface area (Å²) < 4.78 is 6.81. The molecule has 2 aromatic carbocycles. The molecule has 0 spiro atoms. The predicted molar refractivity (Wildman–Crippen MR) is 125 cm³/mol. The Hall–Kier alpha value is -1.32. The zero-order chi connectivity index (χ0) is 20.3. The van der Waals surface area contributed by atoms with Gasteiger partial charge in [-0.3, -0.25) is 0 Å². The highest BCUT2D eigenvalue weighted by molar-refractivity contribution is 9.10. The second-order valence-electron chi connectivity index (χ2n) is 8.91. The highest BCUT2D eigenvalue weighted by atomic mass is 79.9. The molecule has 1 aliphatic carbocycles. The van der Waals surface area contributed by atoms with E-state index < -0.39 is 0 Å². The maximum atomic E-state index is 5.55. The zero-order valence-corrected chi connectivity index (χ0v) is 19.5. The smallest absolute Gasteiger partial charge is 0.119 e. The van der Waals surface area contributed by atoms with E-state index in [1.54, 1.807) is 7.11 Å². The Balaban J connectivity index is 1.48. The average molecular weight is 456 g/mol. The molecule has 1 saturated heterocycles. The Labute approximate surface area is 184 Å². The minimum Gasteiger partial charge on any atom is -0.497 e. The van der Waals surface area contributed by atoms with Gasteiger partial charge in [0, 0.05) is 17.6 Å². The minimum absolute atomic E-state index is 0.353. The van der Waals surface area contributed by atoms with Gasteiger partial charge in [-0.15, -0.1) is 0 Å². The summed E-state index contributed by atoms with van der Waals surface area (Å²) >= 11 is 3.77. The molecule has 1 aliphatic heterocycles. The summed E-state index contributed by atoms with van der Waals surface area (Å²) in [5.41, 5.74) is 4.76. The first-order chi connectivity index (χ1) is 14.1. The van der Waals surface area contributed by atoms with Crippen molar-refractivity contribution in [3.05, 3.63) is 63.6 Å². The van der Waals surface area contributed by atoms with E-state index in [1.165, 1.54) is 66.4 Å². The van der Waals surface area contributed by atoms with Gasteiger partial charge in [0.2, 0.25) is 0 Å². The quantitative estimate of drug-likeness (QED) is 0.499. The van der Waals surface area contributed by atoms with E-state index >= 15 is 0 Å². The molecule has 2 aromatic rings. The van der Waals surface area contributed by atoms with Crippen LogP contribution < -0.4 is 4.74 Å². The molecule has 2 unspecified atom stereocenters. The van der Waals surface area contributed by atoms with Crippen molar-refractivity contribution >= 4 is 15.9 Å². The van der Waals surface area contributed by atoms with Gasteiger partial charge in [-0.25, -0.2) is 0 Å². The number of benzene rings is 2. The molecular weight excluding hydrogens is 422 g/mol. The highest BCUT2D eigenvalue weighted by Gasteiger charge is 2.45. The molecule has 2 nitrogen and oxygen atoms in total. The Bertz CT molecular complexity index is 835. The van der Waals surface area contributed by atoms with Crippen LogP contribution in [0.3, 0.4) is 0 Å². The molecule has 2 fully saturated rings. The number of ether oxygens (including phenoxy) is 1. The average Bonchev–Trinajstić information content (AvgIpc) is 3.07. The summed E-state index contributed by atoms with van der Waals surface area (Å²) in [5.74, 6) is 1.77. The molecule has 4 rings (SSSR count). The molecule has 0 amide bonds. The molecular formula is C26H34BrNO. The van der Waals surface area contributed by atoms with Crippen LogP contribution in [0.15, 0.2) is 46.9 Å². The lowest BCUT2D eigenvalue weighted by molar-refractivity contribution is 0.223. The van der Waals surface area contributed by atoms with Crippen LogP contribution in [-0.2, 0) is 18.3 Å². The molecule has 0 radical (unpaired) electrons. The third kappa shape index (κ3) is 4.41. The second-order valence-corrected chi connectivity index (χ2v) is 9.77. The number of hydrogen-bond acceptors (Lipinski definition) is 2. The molecule has 0 bridgehead atoms. The summed E-state index contributed by atoms with van der Waals surface area (Å²) in [5, 5.41) is 0. The molecule has 3 heteroatoms. The Kier molecular flexibility index (Phi) is 6.66. The van der Waals surface area contributed by atoms with E-state index in [2.05, 4.69) is 70.2 Å². The monoisotopic (exact) mass is 455 g/mol. The summed E-state index contributed by atoms with van der Waals surface area (Å²) in [6.07, 6.45) is 8.91. The van der Waals surface area contributed by atoms with E-state index in [-0.39, 0.29) is 0 Å². The zero-order valence-electron chi connectivity index (χ0n) is 17.9. The Morgan fingerprint density at radius 3 is 2.83 bits per heavy atom. The van der Waals surface area contributed by atoms with Crippen molar-refractivity contribution in [2.45, 2.75) is 57.3 Å². The fourth-order valence-corrected chi connectivity index (χ4v) is 6.18. The van der Waals surface area contributed by atoms with E-state index in [9.17, 15) is 0 Å². The first kappa shape index (κ1) is 20.9. The van der Waals surface area contributed by atoms with Crippen molar-refractivity contribution in [2.24, 2.45) is 5.92 Å². The molecule has 2 atom stereocenters. The van der Waals surface area contributed by atoms with Gasteiger partial charge < -0.3 is 9.64 Å². The molecule has 1 saturated carbocycles. The van der Waals surface area contributed by atoms with Gasteiger partial charge in [0.25, 0.3) is 0 Å². The summed E-state index contributed by atoms with van der Waals surface area (Å²) in [6, 6.07) is 15.8. The van der Waals surface area contributed by atoms with Crippen LogP contribution >= 0.6 is 15.9 Å². The highest BCUT2D eigenvalue weighted by Crippen LogP contribution is 2.51. The van der Waals surface area contributed by atoms with E-state index in [0.29, 0.717) is 5.41 Å². The van der Waals surface area contributed by atoms with E-state index in [0.717, 1.165) is 31.1 Å². The first-order valence-corrected chi connectivity index (χ1v) is 12.1. The van der Waals surface area contributed by atoms with Crippen LogP contribution in [-0.4, -0.2) is 31.6 Å². The van der Waals surface area contributed by atoms with E-state index in [1.807, 2.05) is 0 Å². The van der Waals surface area contributed by atoms with Crippen molar-refractivity contribution in [1.29, 1.82) is 0 Å². The van der Waals surface area contributed by atoms with Gasteiger partial charge in [0.1, 0.15) is 5.75 Å². The number of fused-ring (bicyclic) bond motifs is 1. The molecule has 0 N–H and O–H groups in total. The van der Waals surface area contributed by atoms with Gasteiger partial charge in [-0.05, 0) is 91.3 Å². The fourth-order valence-electron chi connectivity index (χ4n) is 5.74. The largest absolute Gasteiger partial charge is 0.497 e. The van der Waals surface area contributed by atoms with Gasteiger partial charge in [0.15, 0.2) is 0 Å². The molecule has 156 valence electrons. The van der Waals surface area contributed by atoms with Crippen molar-refractivity contribution < 1.29 is 4.74 Å². The van der Waals surface area contributed by atoms with Gasteiger partial charge in [0.05, 0.1) is 7.11 Å². The lowest BCUT2D eigenvalue weighted by Gasteiger charge is -2.36. The molecule has 2 aliphatic rings. The second kappa shape index (κ2) is 9.22. The van der Waals surface area contributed by atoms with Crippen LogP contribution in [0.2, 0.25) is 0 Å². The van der Waals surface area contributed by atoms with Gasteiger partial charge >= 0.3 is 0 Å². The van der Waals surface area contributed by atoms with Crippen LogP contribution in [0, 0.1) is 5.92 Å². The summed E-state index contributed by atoms with van der Waals surface area (Å²) in [6.45, 7) is 5.87. The number of rotatable bonds is 6. The fraction of sp³-hybridized carbons (Fsp3) is 0.538. The number of halogens is 1. The maximum absolute atomic E-state index is 5.55. The van der Waals surface area contributed by atoms with Crippen molar-refractivity contribution in [3.63, 3.8) is 0 Å². The van der Waals surface area contributed by atoms with Crippen molar-refractivity contribution in [1.82, 2.24) is 4.90 Å². The Morgan fingerprint density at radius 2 is 2.00 bits per heavy atom. The lowest BCUT2D eigenvalue weighted by Crippen LogP contribution is -2.36. The molecule has 0 aromatic heterocycles. The van der Waals surface area contributed by atoms with Crippen LogP contribution in [0.5, 0.6) is 5.75 Å². The maximum Gasteiger partial charge on any atom is 0.119 e. The topological polar surface area (TPSA) is 12.5 Å². The third-order valence-electron chi connectivity index (χ3n) is 7.39. The number of likely N-dealkylation sites (tertiary alicyclic amines) is 1. The molecule has 1 heterocycles. The van der Waals surface area contributed by atoms with E-state index in [4.69, 9.17) is 4.74 Å². The first-order valence-electron chi connectivity index (χ1n) is 11.3. The lowest BCUT2D eigenvalue weighted by atomic mass is 9.69. The normalized spacial score (nSPS) is 24.9. The van der Waals surface area contributed by atoms with Crippen LogP contribution in [0.25, 0.3) is 0 Å². The predicted octanol–water partition coefficient (Wildman–Crippen LogP) is 6.40. The number of aryl methyl sites for hydroxylation is 1. The van der Waals surface area contributed by atoms with Crippen LogP contribution in [0.1, 0.15) is 55.7 Å². The number of hydrogen-bond donors (Lipinski definition) is 0. The standard InChI is InChI=1S/C26H34BrNO/c1-3-20-10-11-25(27)21(17-20)12-16-28-15-6-14-26(13-5-8-23(26)19-28)22-7-4-9-24(18-22)29-2/h4,7,9-11,17-18,23H,3,5-6,8,12-16,19H2,1-2H3. The summed E-state index contributed by atoms with van der Waals surface area (Å²) in [4.78, 5) is 2.74. The minimum atomic E-state index is 0.353. The van der Waals surface area contributed by atoms with Gasteiger partial charge in [-0.2, -0.15) is 0 Å². The summed E-state index contributed by atoms with van der Waals surface area (Å²) in [7, 11) is 1.78. The Morgan fingerprint density at radius 1 is 1.14 bits per heavy atom. The third-order valence-corrected chi connectivity index (χ3v) is 8.17. The number of methoxy groups -OCH3 is 1. The van der Waals surface area contributed by atoms with Crippen molar-refractivity contribution in [3.8, 4) is 5.75 Å².